The molecular formula is C25H34N2O6. The third kappa shape index (κ3) is 8.63. The lowest BCUT2D eigenvalue weighted by Gasteiger charge is -2.19. The molecule has 0 saturated heterocycles. The number of oxime groups is 1. The van der Waals surface area contributed by atoms with Crippen LogP contribution in [0.25, 0.3) is 0 Å². The number of esters is 1. The fourth-order valence-electron chi connectivity index (χ4n) is 3.37. The van der Waals surface area contributed by atoms with Crippen LogP contribution in [0.4, 0.5) is 0 Å². The summed E-state index contributed by atoms with van der Waals surface area (Å²) in [5, 5.41) is 24.4. The van der Waals surface area contributed by atoms with Gasteiger partial charge in [0.15, 0.2) is 6.61 Å². The molecule has 2 N–H and O–H groups in total. The number of carbonyl (C=O) groups excluding carboxylic acids is 2. The van der Waals surface area contributed by atoms with Gasteiger partial charge in [0.05, 0.1) is 12.3 Å². The first-order valence-corrected chi connectivity index (χ1v) is 11.5. The minimum absolute atomic E-state index is 0.0252. The first-order chi connectivity index (χ1) is 16.0. The molecule has 1 amide bonds. The van der Waals surface area contributed by atoms with Gasteiger partial charge in [-0.25, -0.2) is 4.79 Å². The molecule has 0 fully saturated rings. The lowest BCUT2D eigenvalue weighted by Crippen LogP contribution is -2.34. The minimum atomic E-state index is -0.679. The summed E-state index contributed by atoms with van der Waals surface area (Å²) >= 11 is 0. The van der Waals surface area contributed by atoms with Gasteiger partial charge in [0, 0.05) is 25.6 Å². The summed E-state index contributed by atoms with van der Waals surface area (Å²) in [5.41, 5.74) is 0.767. The van der Waals surface area contributed by atoms with Crippen LogP contribution in [-0.2, 0) is 20.8 Å². The molecule has 33 heavy (non-hydrogen) atoms. The van der Waals surface area contributed by atoms with Crippen molar-refractivity contribution in [2.24, 2.45) is 5.16 Å². The number of hydrogen-bond donors (Lipinski definition) is 2. The number of amides is 1. The zero-order valence-electron chi connectivity index (χ0n) is 19.5. The molecule has 0 aliphatic carbocycles. The second-order valence-corrected chi connectivity index (χ2v) is 7.73. The highest BCUT2D eigenvalue weighted by atomic mass is 16.6. The average molecular weight is 459 g/mol. The van der Waals surface area contributed by atoms with Crippen molar-refractivity contribution in [3.8, 4) is 11.5 Å². The van der Waals surface area contributed by atoms with Crippen LogP contribution in [0.5, 0.6) is 11.5 Å². The Morgan fingerprint density at radius 2 is 1.91 bits per heavy atom. The molecule has 0 radical (unpaired) electrons. The maximum absolute atomic E-state index is 12.6. The van der Waals surface area contributed by atoms with Gasteiger partial charge in [-0.3, -0.25) is 4.79 Å². The van der Waals surface area contributed by atoms with Gasteiger partial charge >= 0.3 is 5.97 Å². The maximum Gasteiger partial charge on any atom is 0.342 e. The Balaban J connectivity index is 2.26. The lowest BCUT2D eigenvalue weighted by atomic mass is 10.00. The zero-order valence-corrected chi connectivity index (χ0v) is 19.5. The lowest BCUT2D eigenvalue weighted by molar-refractivity contribution is -0.136. The van der Waals surface area contributed by atoms with Gasteiger partial charge in [0.25, 0.3) is 5.91 Å². The topological polar surface area (TPSA) is 109 Å². The van der Waals surface area contributed by atoms with Crippen molar-refractivity contribution in [1.82, 2.24) is 4.90 Å². The second-order valence-electron chi connectivity index (χ2n) is 7.73. The number of nitrogens with zero attached hydrogens (tertiary/aromatic N) is 2. The Bertz CT molecular complexity index is 891. The Kier molecular flexibility index (Phi) is 11.0. The van der Waals surface area contributed by atoms with Crippen LogP contribution in [0.2, 0.25) is 0 Å². The monoisotopic (exact) mass is 458 g/mol. The Morgan fingerprint density at radius 3 is 2.67 bits per heavy atom. The highest BCUT2D eigenvalue weighted by Crippen LogP contribution is 2.29. The Hall–Kier alpha value is -3.29. The number of phenolic OH excluding ortho intramolecular Hbond substituents is 2. The second kappa shape index (κ2) is 14.0. The van der Waals surface area contributed by atoms with E-state index in [1.54, 1.807) is 11.0 Å². The predicted molar refractivity (Wildman–Crippen MR) is 126 cm³/mol. The number of likely N-dealkylation sites (N-methyl/N-ethyl adjacent to an activating group) is 1. The summed E-state index contributed by atoms with van der Waals surface area (Å²) in [6, 6.07) is 2.49. The number of allylic oxidation sites excluding steroid dienone is 3. The van der Waals surface area contributed by atoms with Crippen molar-refractivity contribution in [3.05, 3.63) is 47.6 Å². The standard InChI is InChI=1S/C25H34N2O6/c1-3-5-13-27(4-2)23(30)18-33-26-20-12-10-8-6-7-9-11-14-32-25(31)24-19(15-20)16-21(28)17-22(24)29/h7,9-10,12,16-17,28-29H,3-6,8,11,13-15,18H2,1-2H3/b9-7+,12-10+,26-20+. The third-order valence-corrected chi connectivity index (χ3v) is 5.14. The molecule has 0 unspecified atom stereocenters. The summed E-state index contributed by atoms with van der Waals surface area (Å²) in [4.78, 5) is 32.1. The summed E-state index contributed by atoms with van der Waals surface area (Å²) < 4.78 is 5.28. The molecule has 180 valence electrons. The molecule has 8 nitrogen and oxygen atoms in total. The van der Waals surface area contributed by atoms with E-state index in [-0.39, 0.29) is 42.6 Å². The van der Waals surface area contributed by atoms with Crippen LogP contribution >= 0.6 is 0 Å². The van der Waals surface area contributed by atoms with E-state index < -0.39 is 5.97 Å². The van der Waals surface area contributed by atoms with Crippen molar-refractivity contribution >= 4 is 17.6 Å². The maximum atomic E-state index is 12.6. The third-order valence-electron chi connectivity index (χ3n) is 5.14. The average Bonchev–Trinajstić information content (AvgIpc) is 2.77. The number of hydrogen-bond acceptors (Lipinski definition) is 7. The number of aromatic hydroxyl groups is 2. The first-order valence-electron chi connectivity index (χ1n) is 11.5. The van der Waals surface area contributed by atoms with Crippen LogP contribution < -0.4 is 0 Å². The quantitative estimate of drug-likeness (QED) is 0.362. The molecule has 8 heteroatoms. The molecular weight excluding hydrogens is 424 g/mol. The fourth-order valence-corrected chi connectivity index (χ4v) is 3.37. The van der Waals surface area contributed by atoms with E-state index in [9.17, 15) is 19.8 Å². The Morgan fingerprint density at radius 1 is 1.15 bits per heavy atom. The molecule has 0 atom stereocenters. The van der Waals surface area contributed by atoms with Crippen molar-refractivity contribution in [3.63, 3.8) is 0 Å². The molecule has 0 bridgehead atoms. The number of phenols is 2. The molecule has 1 aromatic carbocycles. The molecule has 0 aromatic heterocycles. The SMILES string of the molecule is CCCCN(CC)C(=O)CO/N=C1\C=C\CC/C=C/CCOC(=O)c2c(O)cc(O)cc2C1. The van der Waals surface area contributed by atoms with E-state index in [1.807, 2.05) is 25.2 Å². The van der Waals surface area contributed by atoms with Crippen molar-refractivity contribution in [2.75, 3.05) is 26.3 Å². The largest absolute Gasteiger partial charge is 0.508 e. The van der Waals surface area contributed by atoms with Crippen LogP contribution in [0.15, 0.2) is 41.6 Å². The molecule has 1 aliphatic heterocycles. The zero-order chi connectivity index (χ0) is 24.1. The Labute approximate surface area is 195 Å². The summed E-state index contributed by atoms with van der Waals surface area (Å²) in [7, 11) is 0. The van der Waals surface area contributed by atoms with E-state index in [0.717, 1.165) is 31.7 Å². The molecule has 0 saturated carbocycles. The van der Waals surface area contributed by atoms with Crippen LogP contribution in [0.3, 0.4) is 0 Å². The highest BCUT2D eigenvalue weighted by molar-refractivity contribution is 6.00. The number of benzene rings is 1. The number of carbonyl (C=O) groups is 2. The smallest absolute Gasteiger partial charge is 0.342 e. The summed E-state index contributed by atoms with van der Waals surface area (Å²) in [6.45, 7) is 5.25. The van der Waals surface area contributed by atoms with Gasteiger partial charge in [-0.1, -0.05) is 36.7 Å². The fraction of sp³-hybridized carbons (Fsp3) is 0.480. The highest BCUT2D eigenvalue weighted by Gasteiger charge is 2.20. The number of fused-ring (bicyclic) bond motifs is 1. The number of unbranched alkanes of at least 4 members (excludes halogenated alkanes) is 1. The van der Waals surface area contributed by atoms with Crippen molar-refractivity contribution < 1.29 is 29.4 Å². The van der Waals surface area contributed by atoms with E-state index in [1.165, 1.54) is 6.07 Å². The summed E-state index contributed by atoms with van der Waals surface area (Å²) in [6.07, 6.45) is 11.8. The van der Waals surface area contributed by atoms with Crippen molar-refractivity contribution in [1.29, 1.82) is 0 Å². The molecule has 2 rings (SSSR count). The van der Waals surface area contributed by atoms with Crippen LogP contribution in [-0.4, -0.2) is 59.0 Å². The number of ether oxygens (including phenoxy) is 1. The number of rotatable bonds is 7. The normalized spacial score (nSPS) is 18.0. The van der Waals surface area contributed by atoms with Gasteiger partial charge in [-0.15, -0.1) is 0 Å². The van der Waals surface area contributed by atoms with E-state index in [0.29, 0.717) is 30.8 Å². The molecule has 1 aromatic rings. The number of cyclic esters (lactones) is 1. The van der Waals surface area contributed by atoms with Gasteiger partial charge < -0.3 is 24.7 Å². The van der Waals surface area contributed by atoms with Crippen LogP contribution in [0, 0.1) is 0 Å². The van der Waals surface area contributed by atoms with Gasteiger partial charge in [0.1, 0.15) is 17.1 Å². The first kappa shape index (κ1) is 26.0. The minimum Gasteiger partial charge on any atom is -0.508 e. The van der Waals surface area contributed by atoms with Gasteiger partial charge in [0.2, 0.25) is 0 Å². The predicted octanol–water partition coefficient (Wildman–Crippen LogP) is 4.11. The molecule has 0 spiro atoms. The molecule has 1 heterocycles. The molecule has 1 aliphatic rings. The van der Waals surface area contributed by atoms with E-state index in [2.05, 4.69) is 12.1 Å². The van der Waals surface area contributed by atoms with Gasteiger partial charge in [-0.05, 0) is 50.3 Å². The van der Waals surface area contributed by atoms with Crippen molar-refractivity contribution in [2.45, 2.75) is 52.4 Å². The van der Waals surface area contributed by atoms with E-state index >= 15 is 0 Å². The van der Waals surface area contributed by atoms with Crippen LogP contribution in [0.1, 0.15) is 61.9 Å². The summed E-state index contributed by atoms with van der Waals surface area (Å²) in [5.74, 6) is -1.38. The van der Waals surface area contributed by atoms with E-state index in [4.69, 9.17) is 9.57 Å². The van der Waals surface area contributed by atoms with Gasteiger partial charge in [-0.2, -0.15) is 0 Å².